The first-order valence-corrected chi connectivity index (χ1v) is 6.65. The molecule has 2 rings (SSSR count). The fourth-order valence-electron chi connectivity index (χ4n) is 2.52. The molecule has 0 unspecified atom stereocenters. The number of alkyl halides is 3. The molecule has 1 aliphatic heterocycles. The van der Waals surface area contributed by atoms with E-state index in [1.54, 1.807) is 24.3 Å². The Bertz CT molecular complexity index is 436. The summed E-state index contributed by atoms with van der Waals surface area (Å²) in [6.07, 6.45) is -5.02. The molecule has 0 spiro atoms. The summed E-state index contributed by atoms with van der Waals surface area (Å²) in [7, 11) is 1.52. The third-order valence-corrected chi connectivity index (χ3v) is 3.50. The van der Waals surface area contributed by atoms with Gasteiger partial charge in [0.05, 0.1) is 13.5 Å². The van der Waals surface area contributed by atoms with Crippen LogP contribution in [0.15, 0.2) is 24.3 Å². The molecule has 1 aliphatic rings. The molecule has 1 heterocycles. The van der Waals surface area contributed by atoms with Gasteiger partial charge in [0.1, 0.15) is 5.75 Å². The number of benzene rings is 1. The molecule has 7 heteroatoms. The number of methoxy groups -OCH3 is 1. The maximum absolute atomic E-state index is 12.9. The molecule has 1 aromatic rings. The Hall–Kier alpha value is -0.980. The number of rotatable bonds is 4. The molecule has 0 radical (unpaired) electrons. The summed E-state index contributed by atoms with van der Waals surface area (Å²) < 4.78 is 43.7. The minimum Gasteiger partial charge on any atom is -0.497 e. The van der Waals surface area contributed by atoms with Gasteiger partial charge in [0, 0.05) is 32.2 Å². The first kappa shape index (κ1) is 18.1. The molecule has 120 valence electrons. The van der Waals surface area contributed by atoms with Crippen molar-refractivity contribution in [3.05, 3.63) is 29.8 Å². The van der Waals surface area contributed by atoms with Crippen LogP contribution in [0.5, 0.6) is 5.75 Å². The van der Waals surface area contributed by atoms with Gasteiger partial charge < -0.3 is 10.1 Å². The second-order valence-electron chi connectivity index (χ2n) is 4.90. The van der Waals surface area contributed by atoms with Crippen molar-refractivity contribution in [2.24, 2.45) is 0 Å². The lowest BCUT2D eigenvalue weighted by Gasteiger charge is -2.35. The van der Waals surface area contributed by atoms with Crippen LogP contribution in [-0.2, 0) is 0 Å². The van der Waals surface area contributed by atoms with Crippen molar-refractivity contribution in [2.75, 3.05) is 33.3 Å². The summed E-state index contributed by atoms with van der Waals surface area (Å²) in [5.74, 6) is 0.588. The summed E-state index contributed by atoms with van der Waals surface area (Å²) >= 11 is 0. The maximum Gasteiger partial charge on any atom is 0.390 e. The van der Waals surface area contributed by atoms with E-state index < -0.39 is 18.6 Å². The van der Waals surface area contributed by atoms with Gasteiger partial charge in [-0.1, -0.05) is 12.1 Å². The molecule has 0 amide bonds. The van der Waals surface area contributed by atoms with Crippen LogP contribution in [0.25, 0.3) is 0 Å². The molecule has 3 nitrogen and oxygen atoms in total. The van der Waals surface area contributed by atoms with E-state index in [0.717, 1.165) is 13.1 Å². The zero-order valence-corrected chi connectivity index (χ0v) is 12.6. The SMILES string of the molecule is COc1cccc([C@H](CC(F)(F)F)N2CCNCC2)c1.Cl. The van der Waals surface area contributed by atoms with Gasteiger partial charge in [0.15, 0.2) is 0 Å². The van der Waals surface area contributed by atoms with Crippen molar-refractivity contribution in [3.63, 3.8) is 0 Å². The zero-order valence-electron chi connectivity index (χ0n) is 11.8. The van der Waals surface area contributed by atoms with Gasteiger partial charge in [0.25, 0.3) is 0 Å². The summed E-state index contributed by atoms with van der Waals surface area (Å²) in [6, 6.07) is 6.26. The van der Waals surface area contributed by atoms with Crippen molar-refractivity contribution >= 4 is 12.4 Å². The van der Waals surface area contributed by atoms with Crippen molar-refractivity contribution in [2.45, 2.75) is 18.6 Å². The summed E-state index contributed by atoms with van der Waals surface area (Å²) in [6.45, 7) is 2.69. The summed E-state index contributed by atoms with van der Waals surface area (Å²) in [4.78, 5) is 1.89. The van der Waals surface area contributed by atoms with E-state index >= 15 is 0 Å². The van der Waals surface area contributed by atoms with E-state index in [9.17, 15) is 13.2 Å². The highest BCUT2D eigenvalue weighted by Gasteiger charge is 2.36. The van der Waals surface area contributed by atoms with Gasteiger partial charge in [-0.3, -0.25) is 4.90 Å². The largest absolute Gasteiger partial charge is 0.497 e. The van der Waals surface area contributed by atoms with Crippen LogP contribution in [0.2, 0.25) is 0 Å². The molecule has 21 heavy (non-hydrogen) atoms. The number of nitrogens with one attached hydrogen (secondary N) is 1. The normalized spacial score (nSPS) is 17.9. The third-order valence-electron chi connectivity index (χ3n) is 3.50. The zero-order chi connectivity index (χ0) is 14.6. The highest BCUT2D eigenvalue weighted by Crippen LogP contribution is 2.35. The number of hydrogen-bond acceptors (Lipinski definition) is 3. The smallest absolute Gasteiger partial charge is 0.390 e. The second-order valence-corrected chi connectivity index (χ2v) is 4.90. The average Bonchev–Trinajstić information content (AvgIpc) is 2.45. The molecule has 0 aliphatic carbocycles. The fourth-order valence-corrected chi connectivity index (χ4v) is 2.52. The Morgan fingerprint density at radius 1 is 1.29 bits per heavy atom. The molecular weight excluding hydrogens is 305 g/mol. The van der Waals surface area contributed by atoms with E-state index in [1.807, 2.05) is 4.90 Å². The van der Waals surface area contributed by atoms with Crippen molar-refractivity contribution in [1.82, 2.24) is 10.2 Å². The Morgan fingerprint density at radius 3 is 2.52 bits per heavy atom. The Labute approximate surface area is 128 Å². The Morgan fingerprint density at radius 2 is 1.95 bits per heavy atom. The van der Waals surface area contributed by atoms with Gasteiger partial charge in [-0.2, -0.15) is 13.2 Å². The fraction of sp³-hybridized carbons (Fsp3) is 0.571. The molecule has 1 aromatic carbocycles. The minimum atomic E-state index is -4.18. The molecule has 0 aromatic heterocycles. The predicted molar refractivity (Wildman–Crippen MR) is 78.1 cm³/mol. The first-order chi connectivity index (χ1) is 9.49. The van der Waals surface area contributed by atoms with E-state index in [1.165, 1.54) is 7.11 Å². The Kier molecular flexibility index (Phi) is 6.77. The van der Waals surface area contributed by atoms with Crippen LogP contribution < -0.4 is 10.1 Å². The molecule has 0 bridgehead atoms. The van der Waals surface area contributed by atoms with E-state index in [0.29, 0.717) is 24.4 Å². The van der Waals surface area contributed by atoms with Crippen LogP contribution in [-0.4, -0.2) is 44.4 Å². The van der Waals surface area contributed by atoms with Gasteiger partial charge in [-0.25, -0.2) is 0 Å². The quantitative estimate of drug-likeness (QED) is 0.921. The monoisotopic (exact) mass is 324 g/mol. The van der Waals surface area contributed by atoms with Crippen LogP contribution in [0.1, 0.15) is 18.0 Å². The lowest BCUT2D eigenvalue weighted by molar-refractivity contribution is -0.148. The van der Waals surface area contributed by atoms with E-state index in [2.05, 4.69) is 5.32 Å². The number of piperazine rings is 1. The minimum absolute atomic E-state index is 0. The lowest BCUT2D eigenvalue weighted by Crippen LogP contribution is -2.46. The van der Waals surface area contributed by atoms with Gasteiger partial charge >= 0.3 is 6.18 Å². The summed E-state index contributed by atoms with van der Waals surface area (Å²) in [5.41, 5.74) is 0.656. The van der Waals surface area contributed by atoms with Crippen molar-refractivity contribution < 1.29 is 17.9 Å². The number of hydrogen-bond donors (Lipinski definition) is 1. The van der Waals surface area contributed by atoms with Crippen LogP contribution in [0.3, 0.4) is 0 Å². The van der Waals surface area contributed by atoms with Gasteiger partial charge in [-0.15, -0.1) is 12.4 Å². The van der Waals surface area contributed by atoms with Crippen LogP contribution >= 0.6 is 12.4 Å². The Balaban J connectivity index is 0.00000220. The average molecular weight is 325 g/mol. The highest BCUT2D eigenvalue weighted by molar-refractivity contribution is 5.85. The molecule has 1 fully saturated rings. The summed E-state index contributed by atoms with van der Waals surface area (Å²) in [5, 5.41) is 3.16. The van der Waals surface area contributed by atoms with Crippen LogP contribution in [0.4, 0.5) is 13.2 Å². The van der Waals surface area contributed by atoms with Gasteiger partial charge in [0.2, 0.25) is 0 Å². The van der Waals surface area contributed by atoms with Gasteiger partial charge in [-0.05, 0) is 17.7 Å². The van der Waals surface area contributed by atoms with Crippen LogP contribution in [0, 0.1) is 0 Å². The highest BCUT2D eigenvalue weighted by atomic mass is 35.5. The van der Waals surface area contributed by atoms with E-state index in [-0.39, 0.29) is 12.4 Å². The third kappa shape index (κ3) is 5.37. The topological polar surface area (TPSA) is 24.5 Å². The molecule has 1 N–H and O–H groups in total. The van der Waals surface area contributed by atoms with E-state index in [4.69, 9.17) is 4.74 Å². The number of halogens is 4. The molecule has 1 atom stereocenters. The molecule has 0 saturated carbocycles. The first-order valence-electron chi connectivity index (χ1n) is 6.65. The van der Waals surface area contributed by atoms with Crippen molar-refractivity contribution in [3.8, 4) is 5.75 Å². The number of nitrogens with zero attached hydrogens (tertiary/aromatic N) is 1. The lowest BCUT2D eigenvalue weighted by atomic mass is 10.0. The number of ether oxygens (including phenoxy) is 1. The molecular formula is C14H20ClF3N2O. The molecule has 1 saturated heterocycles. The van der Waals surface area contributed by atoms with Crippen molar-refractivity contribution in [1.29, 1.82) is 0 Å². The maximum atomic E-state index is 12.9. The predicted octanol–water partition coefficient (Wildman–Crippen LogP) is 3.02. The second kappa shape index (κ2) is 7.87. The standard InChI is InChI=1S/C14H19F3N2O.ClH/c1-20-12-4-2-3-11(9-12)13(10-14(15,16)17)19-7-5-18-6-8-19;/h2-4,9,13,18H,5-8,10H2,1H3;1H/t13-;/m0./s1.